The van der Waals surface area contributed by atoms with Crippen molar-refractivity contribution < 1.29 is 18.8 Å². The van der Waals surface area contributed by atoms with Gasteiger partial charge in [-0.05, 0) is 31.2 Å². The van der Waals surface area contributed by atoms with Crippen molar-refractivity contribution in [3.63, 3.8) is 0 Å². The van der Waals surface area contributed by atoms with Crippen LogP contribution in [0.3, 0.4) is 0 Å². The van der Waals surface area contributed by atoms with Crippen molar-refractivity contribution in [2.45, 2.75) is 13.0 Å². The Morgan fingerprint density at radius 1 is 1.15 bits per heavy atom. The van der Waals surface area contributed by atoms with Crippen molar-refractivity contribution in [1.29, 1.82) is 0 Å². The van der Waals surface area contributed by atoms with Gasteiger partial charge in [-0.2, -0.15) is 0 Å². The maximum Gasteiger partial charge on any atom is 0.287 e. The van der Waals surface area contributed by atoms with Gasteiger partial charge >= 0.3 is 0 Å². The molecule has 1 heterocycles. The van der Waals surface area contributed by atoms with Crippen LogP contribution in [0.4, 0.5) is 5.69 Å². The summed E-state index contributed by atoms with van der Waals surface area (Å²) in [4.78, 5) is 37.5. The van der Waals surface area contributed by atoms with E-state index < -0.39 is 23.8 Å². The van der Waals surface area contributed by atoms with E-state index in [-0.39, 0.29) is 18.0 Å². The van der Waals surface area contributed by atoms with E-state index in [0.717, 1.165) is 0 Å². The fourth-order valence-corrected chi connectivity index (χ4v) is 2.65. The highest BCUT2D eigenvalue weighted by molar-refractivity contribution is 6.39. The average Bonchev–Trinajstić information content (AvgIpc) is 3.12. The third kappa shape index (κ3) is 5.00. The molecule has 0 spiro atoms. The summed E-state index contributed by atoms with van der Waals surface area (Å²) in [5.74, 6) is -1.33. The number of carbonyl (C=O) groups excluding carboxylic acids is 3. The number of hydrogen-bond donors (Lipinski definition) is 2. The summed E-state index contributed by atoms with van der Waals surface area (Å²) in [6.45, 7) is 1.28. The van der Waals surface area contributed by atoms with Crippen LogP contribution in [0.25, 0.3) is 0 Å². The van der Waals surface area contributed by atoms with Gasteiger partial charge in [0.2, 0.25) is 11.8 Å². The molecule has 0 radical (unpaired) electrons. The molecule has 0 aliphatic carbocycles. The zero-order valence-corrected chi connectivity index (χ0v) is 15.6. The maximum absolute atomic E-state index is 12.3. The number of benzene rings is 1. The Labute approximate surface area is 160 Å². The monoisotopic (exact) mass is 397 g/mol. The Morgan fingerprint density at radius 2 is 1.81 bits per heavy atom. The first kappa shape index (κ1) is 19.8. The minimum Gasteiger partial charge on any atom is -0.459 e. The molecule has 0 aliphatic rings. The Bertz CT molecular complexity index is 788. The Balaban J connectivity index is 1.91. The smallest absolute Gasteiger partial charge is 0.287 e. The number of hydrogen-bond acceptors (Lipinski definition) is 4. The van der Waals surface area contributed by atoms with Gasteiger partial charge in [-0.3, -0.25) is 14.4 Å². The molecule has 1 aromatic heterocycles. The SMILES string of the molecule is CC(NC(=O)c1ccco1)C(=O)N(C)CC(=O)Nc1c(Cl)cccc1Cl. The zero-order valence-electron chi connectivity index (χ0n) is 14.1. The molecule has 1 atom stereocenters. The minimum atomic E-state index is -0.839. The Hall–Kier alpha value is -2.51. The summed E-state index contributed by atoms with van der Waals surface area (Å²) < 4.78 is 4.96. The van der Waals surface area contributed by atoms with Crippen LogP contribution in [-0.2, 0) is 9.59 Å². The third-order valence-electron chi connectivity index (χ3n) is 3.45. The highest BCUT2D eigenvalue weighted by Gasteiger charge is 2.23. The van der Waals surface area contributed by atoms with Gasteiger partial charge in [0.25, 0.3) is 5.91 Å². The molecular formula is C17H17Cl2N3O4. The summed E-state index contributed by atoms with van der Waals surface area (Å²) in [6.07, 6.45) is 1.36. The lowest BCUT2D eigenvalue weighted by atomic mass is 10.2. The van der Waals surface area contributed by atoms with Crippen molar-refractivity contribution in [1.82, 2.24) is 10.2 Å². The van der Waals surface area contributed by atoms with Crippen molar-refractivity contribution in [3.8, 4) is 0 Å². The molecule has 1 aromatic carbocycles. The summed E-state index contributed by atoms with van der Waals surface area (Å²) >= 11 is 12.0. The number of rotatable bonds is 6. The summed E-state index contributed by atoms with van der Waals surface area (Å²) in [6, 6.07) is 7.04. The molecule has 3 amide bonds. The van der Waals surface area contributed by atoms with Crippen LogP contribution in [0.15, 0.2) is 41.0 Å². The lowest BCUT2D eigenvalue weighted by molar-refractivity contribution is -0.134. The number of para-hydroxylation sites is 1. The molecule has 26 heavy (non-hydrogen) atoms. The highest BCUT2D eigenvalue weighted by atomic mass is 35.5. The van der Waals surface area contributed by atoms with E-state index in [1.165, 1.54) is 31.2 Å². The van der Waals surface area contributed by atoms with E-state index in [1.54, 1.807) is 24.3 Å². The van der Waals surface area contributed by atoms with Crippen LogP contribution in [0, 0.1) is 0 Å². The molecule has 0 bridgehead atoms. The molecule has 0 saturated heterocycles. The number of halogens is 2. The molecule has 0 fully saturated rings. The van der Waals surface area contributed by atoms with E-state index in [9.17, 15) is 14.4 Å². The van der Waals surface area contributed by atoms with Gasteiger partial charge in [-0.15, -0.1) is 0 Å². The number of nitrogens with zero attached hydrogens (tertiary/aromatic N) is 1. The summed E-state index contributed by atoms with van der Waals surface area (Å²) in [5, 5.41) is 5.65. The summed E-state index contributed by atoms with van der Waals surface area (Å²) in [5.41, 5.74) is 0.279. The lowest BCUT2D eigenvalue weighted by Crippen LogP contribution is -2.47. The van der Waals surface area contributed by atoms with Crippen molar-refractivity contribution >= 4 is 46.6 Å². The second kappa shape index (κ2) is 8.73. The quantitative estimate of drug-likeness (QED) is 0.783. The first-order chi connectivity index (χ1) is 12.3. The minimum absolute atomic E-state index is 0.0957. The van der Waals surface area contributed by atoms with Gasteiger partial charge in [-0.25, -0.2) is 0 Å². The zero-order chi connectivity index (χ0) is 19.3. The number of anilines is 1. The fraction of sp³-hybridized carbons (Fsp3) is 0.235. The van der Waals surface area contributed by atoms with E-state index in [1.807, 2.05) is 0 Å². The van der Waals surface area contributed by atoms with E-state index in [4.69, 9.17) is 27.6 Å². The molecule has 2 N–H and O–H groups in total. The molecule has 2 rings (SSSR count). The number of likely N-dealkylation sites (N-methyl/N-ethyl adjacent to an activating group) is 1. The predicted octanol–water partition coefficient (Wildman–Crippen LogP) is 2.80. The predicted molar refractivity (Wildman–Crippen MR) is 98.4 cm³/mol. The number of nitrogens with one attached hydrogen (secondary N) is 2. The highest BCUT2D eigenvalue weighted by Crippen LogP contribution is 2.29. The third-order valence-corrected chi connectivity index (χ3v) is 4.08. The van der Waals surface area contributed by atoms with Crippen molar-refractivity contribution in [2.24, 2.45) is 0 Å². The maximum atomic E-state index is 12.3. The molecule has 7 nitrogen and oxygen atoms in total. The largest absolute Gasteiger partial charge is 0.459 e. The van der Waals surface area contributed by atoms with Crippen LogP contribution in [-0.4, -0.2) is 42.3 Å². The van der Waals surface area contributed by atoms with Crippen LogP contribution in [0.5, 0.6) is 0 Å². The van der Waals surface area contributed by atoms with E-state index >= 15 is 0 Å². The molecule has 0 saturated carbocycles. The Kier molecular flexibility index (Phi) is 6.65. The summed E-state index contributed by atoms with van der Waals surface area (Å²) in [7, 11) is 1.45. The standard InChI is InChI=1S/C17H17Cl2N3O4/c1-10(20-16(24)13-7-4-8-26-13)17(25)22(2)9-14(23)21-15-11(18)5-3-6-12(15)19/h3-8,10H,9H2,1-2H3,(H,20,24)(H,21,23). The number of amides is 3. The van der Waals surface area contributed by atoms with Crippen LogP contribution >= 0.6 is 23.2 Å². The van der Waals surface area contributed by atoms with E-state index in [0.29, 0.717) is 10.0 Å². The molecule has 1 unspecified atom stereocenters. The molecule has 9 heteroatoms. The van der Waals surface area contributed by atoms with Crippen molar-refractivity contribution in [2.75, 3.05) is 18.9 Å². The topological polar surface area (TPSA) is 91.7 Å². The first-order valence-corrected chi connectivity index (χ1v) is 8.38. The van der Waals surface area contributed by atoms with Gasteiger partial charge in [0.1, 0.15) is 6.04 Å². The molecular weight excluding hydrogens is 381 g/mol. The second-order valence-electron chi connectivity index (χ2n) is 5.51. The van der Waals surface area contributed by atoms with Gasteiger partial charge < -0.3 is 20.0 Å². The van der Waals surface area contributed by atoms with Gasteiger partial charge in [0.05, 0.1) is 28.5 Å². The lowest BCUT2D eigenvalue weighted by Gasteiger charge is -2.21. The fourth-order valence-electron chi connectivity index (χ4n) is 2.16. The molecule has 2 aromatic rings. The van der Waals surface area contributed by atoms with Crippen LogP contribution in [0.2, 0.25) is 10.0 Å². The van der Waals surface area contributed by atoms with Crippen LogP contribution < -0.4 is 10.6 Å². The van der Waals surface area contributed by atoms with Gasteiger partial charge in [0, 0.05) is 7.05 Å². The van der Waals surface area contributed by atoms with Gasteiger partial charge in [-0.1, -0.05) is 29.3 Å². The van der Waals surface area contributed by atoms with Gasteiger partial charge in [0.15, 0.2) is 5.76 Å². The molecule has 138 valence electrons. The first-order valence-electron chi connectivity index (χ1n) is 7.62. The molecule has 0 aliphatic heterocycles. The van der Waals surface area contributed by atoms with Crippen molar-refractivity contribution in [3.05, 3.63) is 52.4 Å². The normalized spacial score (nSPS) is 11.5. The second-order valence-corrected chi connectivity index (χ2v) is 6.33. The average molecular weight is 398 g/mol. The Morgan fingerprint density at radius 3 is 2.38 bits per heavy atom. The number of carbonyl (C=O) groups is 3. The number of furan rings is 1. The van der Waals surface area contributed by atoms with E-state index in [2.05, 4.69) is 10.6 Å². The van der Waals surface area contributed by atoms with Crippen LogP contribution in [0.1, 0.15) is 17.5 Å².